The van der Waals surface area contributed by atoms with Gasteiger partial charge in [-0.05, 0) is 13.0 Å². The molecule has 0 saturated heterocycles. The Hall–Kier alpha value is -2.12. The molecule has 0 radical (unpaired) electrons. The van der Waals surface area contributed by atoms with E-state index in [0.717, 1.165) is 0 Å². The fraction of sp³-hybridized carbons (Fsp3) is 0.462. The number of nitrogens with one attached hydrogen (secondary N) is 1. The molecule has 1 unspecified atom stereocenters. The highest BCUT2D eigenvalue weighted by atomic mass is 19.4. The predicted octanol–water partition coefficient (Wildman–Crippen LogP) is 2.36. The van der Waals surface area contributed by atoms with Gasteiger partial charge >= 0.3 is 6.18 Å². The lowest BCUT2D eigenvalue weighted by Crippen LogP contribution is -2.36. The van der Waals surface area contributed by atoms with Crippen molar-refractivity contribution in [3.63, 3.8) is 0 Å². The summed E-state index contributed by atoms with van der Waals surface area (Å²) in [5.41, 5.74) is 5.79. The lowest BCUT2D eigenvalue weighted by atomic mass is 10.1. The van der Waals surface area contributed by atoms with Gasteiger partial charge < -0.3 is 20.5 Å². The molecule has 1 aromatic rings. The van der Waals surface area contributed by atoms with Crippen molar-refractivity contribution >= 4 is 11.6 Å². The van der Waals surface area contributed by atoms with Crippen LogP contribution in [0.25, 0.3) is 0 Å². The third kappa shape index (κ3) is 4.73. The van der Waals surface area contributed by atoms with Crippen LogP contribution in [0.15, 0.2) is 12.1 Å². The molecule has 3 N–H and O–H groups in total. The van der Waals surface area contributed by atoms with Gasteiger partial charge in [-0.2, -0.15) is 13.2 Å². The third-order valence-corrected chi connectivity index (χ3v) is 2.73. The van der Waals surface area contributed by atoms with Crippen LogP contribution in [-0.4, -0.2) is 32.3 Å². The van der Waals surface area contributed by atoms with E-state index in [1.54, 1.807) is 0 Å². The van der Waals surface area contributed by atoms with Gasteiger partial charge in [0.1, 0.15) is 11.5 Å². The summed E-state index contributed by atoms with van der Waals surface area (Å²) < 4.78 is 46.8. The van der Waals surface area contributed by atoms with Crippen LogP contribution in [0.3, 0.4) is 0 Å². The zero-order chi connectivity index (χ0) is 16.2. The number of rotatable bonds is 5. The predicted molar refractivity (Wildman–Crippen MR) is 71.6 cm³/mol. The van der Waals surface area contributed by atoms with E-state index in [9.17, 15) is 18.0 Å². The molecule has 8 heteroatoms. The average Bonchev–Trinajstić information content (AvgIpc) is 2.36. The van der Waals surface area contributed by atoms with E-state index in [-0.39, 0.29) is 17.0 Å². The fourth-order valence-corrected chi connectivity index (χ4v) is 1.78. The van der Waals surface area contributed by atoms with Gasteiger partial charge in [0.2, 0.25) is 0 Å². The first-order valence-corrected chi connectivity index (χ1v) is 6.07. The molecule has 118 valence electrons. The molecule has 0 spiro atoms. The Morgan fingerprint density at radius 1 is 1.33 bits per heavy atom. The van der Waals surface area contributed by atoms with Crippen LogP contribution in [0, 0.1) is 0 Å². The molecular formula is C13H17F3N2O3. The third-order valence-electron chi connectivity index (χ3n) is 2.73. The SMILES string of the molecule is COc1cc(OC)c(N)c(C(=O)NC(C)CC(F)(F)F)c1. The second-order valence-electron chi connectivity index (χ2n) is 4.48. The number of carbonyl (C=O) groups is 1. The Kier molecular flexibility index (Phi) is 5.28. The van der Waals surface area contributed by atoms with Gasteiger partial charge in [0, 0.05) is 12.1 Å². The standard InChI is InChI=1S/C13H17F3N2O3/c1-7(6-13(14,15)16)18-12(19)9-4-8(20-2)5-10(21-3)11(9)17/h4-5,7H,6,17H2,1-3H3,(H,18,19). The lowest BCUT2D eigenvalue weighted by Gasteiger charge is -2.17. The van der Waals surface area contributed by atoms with E-state index < -0.39 is 24.5 Å². The topological polar surface area (TPSA) is 73.6 Å². The highest BCUT2D eigenvalue weighted by Crippen LogP contribution is 2.31. The molecule has 1 amide bonds. The number of nitrogen functional groups attached to an aromatic ring is 1. The molecule has 0 saturated carbocycles. The Balaban J connectivity index is 2.96. The van der Waals surface area contributed by atoms with Crippen LogP contribution < -0.4 is 20.5 Å². The minimum Gasteiger partial charge on any atom is -0.497 e. The molecule has 0 aromatic heterocycles. The normalized spacial score (nSPS) is 12.7. The van der Waals surface area contributed by atoms with Gasteiger partial charge in [-0.25, -0.2) is 0 Å². The second kappa shape index (κ2) is 6.55. The maximum atomic E-state index is 12.3. The number of anilines is 1. The molecule has 1 aromatic carbocycles. The number of benzene rings is 1. The number of ether oxygens (including phenoxy) is 2. The summed E-state index contributed by atoms with van der Waals surface area (Å²) in [5.74, 6) is -0.195. The van der Waals surface area contributed by atoms with Crippen molar-refractivity contribution in [1.82, 2.24) is 5.32 Å². The number of hydrogen-bond acceptors (Lipinski definition) is 4. The Bertz CT molecular complexity index is 518. The molecular weight excluding hydrogens is 289 g/mol. The summed E-state index contributed by atoms with van der Waals surface area (Å²) >= 11 is 0. The minimum absolute atomic E-state index is 0.000208. The zero-order valence-corrected chi connectivity index (χ0v) is 11.9. The fourth-order valence-electron chi connectivity index (χ4n) is 1.78. The van der Waals surface area contributed by atoms with Crippen molar-refractivity contribution in [3.05, 3.63) is 17.7 Å². The van der Waals surface area contributed by atoms with Crippen molar-refractivity contribution < 1.29 is 27.4 Å². The van der Waals surface area contributed by atoms with Crippen LogP contribution in [-0.2, 0) is 0 Å². The highest BCUT2D eigenvalue weighted by molar-refractivity contribution is 6.01. The summed E-state index contributed by atoms with van der Waals surface area (Å²) in [4.78, 5) is 12.0. The van der Waals surface area contributed by atoms with E-state index in [1.807, 2.05) is 0 Å². The Morgan fingerprint density at radius 3 is 2.43 bits per heavy atom. The van der Waals surface area contributed by atoms with Crippen molar-refractivity contribution in [2.75, 3.05) is 20.0 Å². The van der Waals surface area contributed by atoms with Gasteiger partial charge in [0.25, 0.3) is 5.91 Å². The Morgan fingerprint density at radius 2 is 1.95 bits per heavy atom. The summed E-state index contributed by atoms with van der Waals surface area (Å²) in [5, 5.41) is 2.25. The van der Waals surface area contributed by atoms with Crippen LogP contribution >= 0.6 is 0 Å². The number of carbonyl (C=O) groups excluding carboxylic acids is 1. The van der Waals surface area contributed by atoms with Crippen LogP contribution in [0.1, 0.15) is 23.7 Å². The van der Waals surface area contributed by atoms with Crippen molar-refractivity contribution in [2.24, 2.45) is 0 Å². The summed E-state index contributed by atoms with van der Waals surface area (Å²) in [6, 6.07) is 1.74. The van der Waals surface area contributed by atoms with E-state index >= 15 is 0 Å². The molecule has 1 rings (SSSR count). The highest BCUT2D eigenvalue weighted by Gasteiger charge is 2.31. The molecule has 0 aliphatic rings. The van der Waals surface area contributed by atoms with Gasteiger partial charge in [-0.3, -0.25) is 4.79 Å². The molecule has 0 fully saturated rings. The molecule has 0 aliphatic heterocycles. The molecule has 1 atom stereocenters. The van der Waals surface area contributed by atoms with E-state index in [2.05, 4.69) is 5.32 Å². The second-order valence-corrected chi connectivity index (χ2v) is 4.48. The zero-order valence-electron chi connectivity index (χ0n) is 11.9. The van der Waals surface area contributed by atoms with Crippen molar-refractivity contribution in [3.8, 4) is 11.5 Å². The molecule has 21 heavy (non-hydrogen) atoms. The largest absolute Gasteiger partial charge is 0.497 e. The summed E-state index contributed by atoms with van der Waals surface area (Å²) in [6.07, 6.45) is -5.48. The van der Waals surface area contributed by atoms with E-state index in [1.165, 1.54) is 33.3 Å². The van der Waals surface area contributed by atoms with Crippen LogP contribution in [0.2, 0.25) is 0 Å². The number of alkyl halides is 3. The van der Waals surface area contributed by atoms with Gasteiger partial charge in [0.15, 0.2) is 0 Å². The average molecular weight is 306 g/mol. The first kappa shape index (κ1) is 16.9. The van der Waals surface area contributed by atoms with Gasteiger partial charge in [-0.1, -0.05) is 0 Å². The molecule has 0 aliphatic carbocycles. The van der Waals surface area contributed by atoms with Crippen molar-refractivity contribution in [1.29, 1.82) is 0 Å². The molecule has 0 heterocycles. The quantitative estimate of drug-likeness (QED) is 0.819. The van der Waals surface area contributed by atoms with Crippen LogP contribution in [0.5, 0.6) is 11.5 Å². The van der Waals surface area contributed by atoms with Crippen molar-refractivity contribution in [2.45, 2.75) is 25.6 Å². The van der Waals surface area contributed by atoms with Crippen LogP contribution in [0.4, 0.5) is 18.9 Å². The lowest BCUT2D eigenvalue weighted by molar-refractivity contribution is -0.138. The number of halogens is 3. The Labute approximate surface area is 120 Å². The minimum atomic E-state index is -4.36. The number of amides is 1. The smallest absolute Gasteiger partial charge is 0.391 e. The molecule has 0 bridgehead atoms. The van der Waals surface area contributed by atoms with E-state index in [4.69, 9.17) is 15.2 Å². The number of hydrogen-bond donors (Lipinski definition) is 2. The summed E-state index contributed by atoms with van der Waals surface area (Å²) in [7, 11) is 2.75. The van der Waals surface area contributed by atoms with Gasteiger partial charge in [0.05, 0.1) is 31.9 Å². The monoisotopic (exact) mass is 306 g/mol. The maximum absolute atomic E-state index is 12.3. The molecule has 5 nitrogen and oxygen atoms in total. The van der Waals surface area contributed by atoms with Gasteiger partial charge in [-0.15, -0.1) is 0 Å². The first-order valence-electron chi connectivity index (χ1n) is 6.07. The number of nitrogens with two attached hydrogens (primary N) is 1. The maximum Gasteiger partial charge on any atom is 0.391 e. The summed E-state index contributed by atoms with van der Waals surface area (Å²) in [6.45, 7) is 1.26. The number of methoxy groups -OCH3 is 2. The first-order chi connectivity index (χ1) is 9.67. The van der Waals surface area contributed by atoms with E-state index in [0.29, 0.717) is 5.75 Å².